The molecule has 70 heavy (non-hydrogen) atoms. The molecule has 0 spiro atoms. The molecule has 3 N–H and O–H groups in total. The van der Waals surface area contributed by atoms with Crippen molar-refractivity contribution < 1.29 is 27.7 Å². The van der Waals surface area contributed by atoms with Gasteiger partial charge in [0.05, 0.1) is 39.6 Å². The number of piperidine rings is 2. The van der Waals surface area contributed by atoms with E-state index in [9.17, 15) is 14.2 Å². The van der Waals surface area contributed by atoms with Gasteiger partial charge in [0, 0.05) is 123 Å². The molecule has 20 heteroatoms. The van der Waals surface area contributed by atoms with E-state index >= 15 is 8.78 Å². The number of aromatic nitrogens is 6. The number of anilines is 5. The van der Waals surface area contributed by atoms with Gasteiger partial charge in [0.1, 0.15) is 36.2 Å². The first-order valence-electron chi connectivity index (χ1n) is 23.9. The third-order valence-electron chi connectivity index (χ3n) is 13.7. The fourth-order valence-corrected chi connectivity index (χ4v) is 11.8. The number of hydrogen-bond donors (Lipinski definition) is 3. The number of ether oxygens (including phenoxy) is 1. The molecule has 4 aliphatic rings. The maximum absolute atomic E-state index is 15.2. The average molecular weight is 1040 g/mol. The first kappa shape index (κ1) is 47.8. The molecule has 16 nitrogen and oxygen atoms in total. The van der Waals surface area contributed by atoms with Crippen molar-refractivity contribution in [1.29, 1.82) is 0 Å². The second kappa shape index (κ2) is 19.7. The van der Waals surface area contributed by atoms with Crippen LogP contribution in [0.4, 0.5) is 37.6 Å². The Labute approximate surface area is 413 Å². The van der Waals surface area contributed by atoms with E-state index in [2.05, 4.69) is 78.8 Å². The first-order chi connectivity index (χ1) is 33.6. The second-order valence-electron chi connectivity index (χ2n) is 19.2. The van der Waals surface area contributed by atoms with Gasteiger partial charge in [-0.15, -0.1) is 0 Å². The van der Waals surface area contributed by atoms with E-state index in [1.54, 1.807) is 30.4 Å². The molecule has 0 radical (unpaired) electrons. The number of carbonyl (C=O) groups excluding carboxylic acids is 2. The number of benzene rings is 3. The summed E-state index contributed by atoms with van der Waals surface area (Å²) in [6.07, 6.45) is 12.0. The van der Waals surface area contributed by atoms with E-state index in [1.807, 2.05) is 38.5 Å². The van der Waals surface area contributed by atoms with Crippen LogP contribution in [0.3, 0.4) is 0 Å². The summed E-state index contributed by atoms with van der Waals surface area (Å²) in [6, 6.07) is 11.1. The minimum atomic E-state index is -2.81. The molecule has 3 saturated heterocycles. The summed E-state index contributed by atoms with van der Waals surface area (Å²) in [5.74, 6) is -1.37. The highest BCUT2D eigenvalue weighted by Crippen LogP contribution is 2.45. The second-order valence-corrected chi connectivity index (χ2v) is 23.2. The molecule has 1 saturated carbocycles. The van der Waals surface area contributed by atoms with Gasteiger partial charge in [0.2, 0.25) is 17.8 Å². The number of halogens is 3. The smallest absolute Gasteiger partial charge is 0.234 e. The summed E-state index contributed by atoms with van der Waals surface area (Å²) in [5, 5.41) is 15.0. The Morgan fingerprint density at radius 1 is 0.886 bits per heavy atom. The molecule has 10 rings (SSSR count). The van der Waals surface area contributed by atoms with Crippen molar-refractivity contribution in [3.05, 3.63) is 94.2 Å². The minimum Gasteiger partial charge on any atom is -0.488 e. The van der Waals surface area contributed by atoms with Crippen LogP contribution in [0.25, 0.3) is 22.0 Å². The maximum atomic E-state index is 15.2. The number of nitrogens with one attached hydrogen (secondary N) is 3. The largest absolute Gasteiger partial charge is 0.488 e. The van der Waals surface area contributed by atoms with Gasteiger partial charge in [0.15, 0.2) is 0 Å². The molecule has 4 fully saturated rings. The summed E-state index contributed by atoms with van der Waals surface area (Å²) in [5.41, 5.74) is 5.43. The summed E-state index contributed by atoms with van der Waals surface area (Å²) in [4.78, 5) is 49.8. The highest BCUT2D eigenvalue weighted by molar-refractivity contribution is 9.10. The van der Waals surface area contributed by atoms with Gasteiger partial charge in [-0.1, -0.05) is 0 Å². The number of amides is 2. The monoisotopic (exact) mass is 1040 g/mol. The van der Waals surface area contributed by atoms with Crippen molar-refractivity contribution in [3.63, 3.8) is 0 Å². The normalized spacial score (nSPS) is 18.6. The topological polar surface area (TPSA) is 176 Å². The van der Waals surface area contributed by atoms with E-state index in [0.717, 1.165) is 98.4 Å². The van der Waals surface area contributed by atoms with Gasteiger partial charge in [-0.2, -0.15) is 10.1 Å². The van der Waals surface area contributed by atoms with Crippen LogP contribution in [-0.2, 0) is 27.6 Å². The van der Waals surface area contributed by atoms with Gasteiger partial charge in [-0.3, -0.25) is 24.5 Å². The predicted molar refractivity (Wildman–Crippen MR) is 270 cm³/mol. The van der Waals surface area contributed by atoms with E-state index in [4.69, 9.17) is 9.72 Å². The summed E-state index contributed by atoms with van der Waals surface area (Å²) in [6.45, 7) is 11.2. The van der Waals surface area contributed by atoms with Crippen LogP contribution in [0.15, 0.2) is 65.7 Å². The molecule has 366 valence electrons. The Hall–Kier alpha value is -5.88. The molecule has 1 atom stereocenters. The molecule has 3 aromatic heterocycles. The summed E-state index contributed by atoms with van der Waals surface area (Å²) in [7, 11) is -0.900. The summed E-state index contributed by atoms with van der Waals surface area (Å²) >= 11 is 3.64. The lowest BCUT2D eigenvalue weighted by atomic mass is 9.89. The van der Waals surface area contributed by atoms with E-state index in [0.29, 0.717) is 63.4 Å². The molecule has 6 aromatic rings. The lowest BCUT2D eigenvalue weighted by molar-refractivity contribution is -0.134. The first-order valence-corrected chi connectivity index (χ1v) is 27.3. The third kappa shape index (κ3) is 10.4. The van der Waals surface area contributed by atoms with Crippen molar-refractivity contribution in [1.82, 2.24) is 44.8 Å². The Morgan fingerprint density at radius 3 is 2.33 bits per heavy atom. The van der Waals surface area contributed by atoms with E-state index < -0.39 is 36.5 Å². The molecule has 0 bridgehead atoms. The molecule has 1 aliphatic carbocycles. The molecule has 3 aromatic carbocycles. The lowest BCUT2D eigenvalue weighted by Gasteiger charge is -2.43. The average Bonchev–Trinajstić information content (AvgIpc) is 4.05. The number of nitrogens with zero attached hydrogens (tertiary/aromatic N) is 9. The van der Waals surface area contributed by atoms with Crippen LogP contribution in [0.5, 0.6) is 5.75 Å². The zero-order chi connectivity index (χ0) is 48.8. The minimum absolute atomic E-state index is 0.0581. The zero-order valence-corrected chi connectivity index (χ0v) is 42.1. The molecule has 1 unspecified atom stereocenters. The molecular formula is C50H56BrF2N12O4P. The number of carbonyl (C=O) groups is 2. The number of aryl methyl sites for hydroxylation is 2. The SMILES string of the molecule is Cc1ncc2c(P(C)(C)=O)c(Nc3nc(Nc4cc(-c5cnn(C)c5)c(N5CCC(N6CCN(CCc7cc(F)c(C8CCC(=O)NC8=O)c(F)c7)CC6)CC5)cc4OC4CC4)ncc3Br)ccc2n1. The predicted octanol–water partition coefficient (Wildman–Crippen LogP) is 7.80. The number of piperazine rings is 1. The molecule has 2 amide bonds. The fraction of sp³-hybridized carbons (Fsp3) is 0.420. The zero-order valence-electron chi connectivity index (χ0n) is 39.6. The quantitative estimate of drug-likeness (QED) is 0.0712. The molecule has 3 aliphatic heterocycles. The number of fused-ring (bicyclic) bond motifs is 1. The van der Waals surface area contributed by atoms with Crippen molar-refractivity contribution in [2.45, 2.75) is 69.9 Å². The highest BCUT2D eigenvalue weighted by Gasteiger charge is 2.34. The van der Waals surface area contributed by atoms with Crippen molar-refractivity contribution in [3.8, 4) is 16.9 Å². The van der Waals surface area contributed by atoms with Crippen LogP contribution in [-0.4, -0.2) is 123 Å². The van der Waals surface area contributed by atoms with Crippen molar-refractivity contribution >= 4 is 79.9 Å². The standard InChI is InChI=1S/C50H56BrF2N12O4P/c1-29-54-26-36-40(57-29)8-9-41(47(36)70(3,4)68)58-48-37(51)27-55-50(61-48)59-42-23-35(31-25-56-62(2)28-31)43(24-44(42)69-33-5-6-33)65-15-12-32(13-16-65)64-19-17-63(18-20-64)14-11-30-21-38(52)46(39(53)22-30)34-7-10-45(66)60-49(34)67/h8-9,21-28,32-34H,5-7,10-20H2,1-4H3,(H,60,66,67)(H2,55,58,59,61). The Balaban J connectivity index is 0.820. The number of rotatable bonds is 14. The van der Waals surface area contributed by atoms with Gasteiger partial charge in [-0.25, -0.2) is 23.7 Å². The lowest BCUT2D eigenvalue weighted by Crippen LogP contribution is -2.53. The Morgan fingerprint density at radius 2 is 1.64 bits per heavy atom. The van der Waals surface area contributed by atoms with E-state index in [1.165, 1.54) is 12.1 Å². The Kier molecular flexibility index (Phi) is 13.5. The van der Waals surface area contributed by atoms with Crippen molar-refractivity contribution in [2.75, 3.05) is 74.7 Å². The van der Waals surface area contributed by atoms with Gasteiger partial charge >= 0.3 is 0 Å². The maximum Gasteiger partial charge on any atom is 0.234 e. The van der Waals surface area contributed by atoms with Gasteiger partial charge in [0.25, 0.3) is 0 Å². The van der Waals surface area contributed by atoms with Crippen LogP contribution >= 0.6 is 23.1 Å². The highest BCUT2D eigenvalue weighted by atomic mass is 79.9. The van der Waals surface area contributed by atoms with Crippen LogP contribution in [0.1, 0.15) is 61.4 Å². The molecule has 6 heterocycles. The molecular weight excluding hydrogens is 982 g/mol. The van der Waals surface area contributed by atoms with Crippen LogP contribution in [0.2, 0.25) is 0 Å². The number of hydrogen-bond acceptors (Lipinski definition) is 14. The van der Waals surface area contributed by atoms with E-state index in [-0.39, 0.29) is 24.5 Å². The fourth-order valence-electron chi connectivity index (χ4n) is 10.0. The summed E-state index contributed by atoms with van der Waals surface area (Å²) < 4.78 is 53.2. The number of imide groups is 1. The third-order valence-corrected chi connectivity index (χ3v) is 15.9. The van der Waals surface area contributed by atoms with Crippen molar-refractivity contribution in [2.24, 2.45) is 7.05 Å². The van der Waals surface area contributed by atoms with Crippen LogP contribution < -0.4 is 30.9 Å². The van der Waals surface area contributed by atoms with Gasteiger partial charge in [-0.05, 0) is 111 Å². The Bertz CT molecular complexity index is 3020. The van der Waals surface area contributed by atoms with Crippen LogP contribution in [0, 0.1) is 18.6 Å². The van der Waals surface area contributed by atoms with Gasteiger partial charge < -0.3 is 29.7 Å².